The fourth-order valence-corrected chi connectivity index (χ4v) is 1.86. The standard InChI is InChI=1S/C10H21O3P/c1-7(2)9(13-14)5-4-8(3)6-10(11)12/h7-9H,4-6,14H2,1-3H3,(H,11,12)/t8-,9+/m1/s1. The highest BCUT2D eigenvalue weighted by Crippen LogP contribution is 2.20. The van der Waals surface area contributed by atoms with Crippen LogP contribution in [0.1, 0.15) is 40.0 Å². The van der Waals surface area contributed by atoms with Gasteiger partial charge in [0.1, 0.15) is 0 Å². The van der Waals surface area contributed by atoms with Gasteiger partial charge in [0.25, 0.3) is 0 Å². The maximum atomic E-state index is 10.4. The van der Waals surface area contributed by atoms with Crippen LogP contribution in [0.15, 0.2) is 0 Å². The lowest BCUT2D eigenvalue weighted by molar-refractivity contribution is -0.138. The van der Waals surface area contributed by atoms with Crippen LogP contribution in [0.5, 0.6) is 0 Å². The van der Waals surface area contributed by atoms with Crippen LogP contribution in [0.3, 0.4) is 0 Å². The van der Waals surface area contributed by atoms with Crippen LogP contribution in [0.25, 0.3) is 0 Å². The minimum atomic E-state index is -0.717. The Morgan fingerprint density at radius 2 is 1.93 bits per heavy atom. The third-order valence-electron chi connectivity index (χ3n) is 2.39. The van der Waals surface area contributed by atoms with Gasteiger partial charge in [0.15, 0.2) is 0 Å². The molecule has 0 spiro atoms. The van der Waals surface area contributed by atoms with Gasteiger partial charge in [-0.1, -0.05) is 20.8 Å². The molecule has 0 amide bonds. The predicted molar refractivity (Wildman–Crippen MR) is 60.1 cm³/mol. The molecule has 0 aliphatic rings. The van der Waals surface area contributed by atoms with Crippen molar-refractivity contribution in [1.82, 2.24) is 0 Å². The van der Waals surface area contributed by atoms with Crippen molar-refractivity contribution in [2.24, 2.45) is 11.8 Å². The average Bonchev–Trinajstić information content (AvgIpc) is 2.03. The number of carbonyl (C=O) groups is 1. The highest BCUT2D eigenvalue weighted by molar-refractivity contribution is 7.09. The van der Waals surface area contributed by atoms with E-state index in [-0.39, 0.29) is 18.4 Å². The Labute approximate surface area is 88.5 Å². The van der Waals surface area contributed by atoms with Crippen molar-refractivity contribution >= 4 is 15.4 Å². The molecule has 3 nitrogen and oxygen atoms in total. The van der Waals surface area contributed by atoms with E-state index in [2.05, 4.69) is 23.3 Å². The molecule has 1 unspecified atom stereocenters. The third kappa shape index (κ3) is 6.33. The van der Waals surface area contributed by atoms with Gasteiger partial charge in [0, 0.05) is 15.9 Å². The first-order valence-electron chi connectivity index (χ1n) is 5.04. The Bertz CT molecular complexity index is 171. The Hall–Kier alpha value is -0.140. The van der Waals surface area contributed by atoms with Crippen LogP contribution < -0.4 is 0 Å². The minimum absolute atomic E-state index is 0.219. The summed E-state index contributed by atoms with van der Waals surface area (Å²) in [4.78, 5) is 10.4. The highest BCUT2D eigenvalue weighted by atomic mass is 31.0. The molecule has 0 aromatic rings. The Balaban J connectivity index is 3.73. The van der Waals surface area contributed by atoms with Gasteiger partial charge in [-0.05, 0) is 24.7 Å². The number of carboxylic acid groups (broad SMARTS) is 1. The van der Waals surface area contributed by atoms with Crippen LogP contribution in [-0.2, 0) is 9.32 Å². The second-order valence-corrected chi connectivity index (χ2v) is 4.47. The molecular formula is C10H21O3P. The van der Waals surface area contributed by atoms with E-state index in [0.29, 0.717) is 5.92 Å². The van der Waals surface area contributed by atoms with Gasteiger partial charge in [-0.2, -0.15) is 0 Å². The van der Waals surface area contributed by atoms with E-state index in [1.165, 1.54) is 0 Å². The van der Waals surface area contributed by atoms with Crippen molar-refractivity contribution in [3.8, 4) is 0 Å². The first-order valence-corrected chi connectivity index (χ1v) is 5.51. The fourth-order valence-electron chi connectivity index (χ4n) is 1.41. The topological polar surface area (TPSA) is 46.5 Å². The fraction of sp³-hybridized carbons (Fsp3) is 0.900. The van der Waals surface area contributed by atoms with Gasteiger partial charge < -0.3 is 9.63 Å². The molecule has 0 aliphatic heterocycles. The molecule has 4 heteroatoms. The molecule has 0 heterocycles. The molecule has 0 radical (unpaired) electrons. The molecule has 0 saturated carbocycles. The monoisotopic (exact) mass is 220 g/mol. The van der Waals surface area contributed by atoms with Crippen LogP contribution in [0.2, 0.25) is 0 Å². The predicted octanol–water partition coefficient (Wildman–Crippen LogP) is 2.71. The first-order chi connectivity index (χ1) is 6.47. The Morgan fingerprint density at radius 3 is 2.29 bits per heavy atom. The summed E-state index contributed by atoms with van der Waals surface area (Å²) in [5.74, 6) is -0.0104. The van der Waals surface area contributed by atoms with E-state index in [0.717, 1.165) is 12.8 Å². The molecule has 0 fully saturated rings. The van der Waals surface area contributed by atoms with Crippen molar-refractivity contribution in [3.05, 3.63) is 0 Å². The summed E-state index contributed by atoms with van der Waals surface area (Å²) in [5.41, 5.74) is 0. The summed E-state index contributed by atoms with van der Waals surface area (Å²) in [6.45, 7) is 6.18. The summed E-state index contributed by atoms with van der Waals surface area (Å²) < 4.78 is 5.24. The molecule has 84 valence electrons. The van der Waals surface area contributed by atoms with E-state index >= 15 is 0 Å². The molecule has 14 heavy (non-hydrogen) atoms. The number of carboxylic acids is 1. The number of hydrogen-bond donors (Lipinski definition) is 1. The summed E-state index contributed by atoms with van der Waals surface area (Å²) in [5, 5.41) is 8.58. The molecule has 0 aromatic carbocycles. The molecule has 3 atom stereocenters. The molecule has 0 saturated heterocycles. The van der Waals surface area contributed by atoms with Gasteiger partial charge >= 0.3 is 5.97 Å². The van der Waals surface area contributed by atoms with E-state index in [4.69, 9.17) is 9.63 Å². The zero-order chi connectivity index (χ0) is 11.1. The molecule has 0 rings (SSSR count). The molecular weight excluding hydrogens is 199 g/mol. The van der Waals surface area contributed by atoms with E-state index in [1.54, 1.807) is 0 Å². The molecule has 0 aromatic heterocycles. The zero-order valence-electron chi connectivity index (χ0n) is 9.19. The second kappa shape index (κ2) is 7.19. The number of rotatable bonds is 7. The molecule has 0 aliphatic carbocycles. The van der Waals surface area contributed by atoms with Crippen molar-refractivity contribution in [2.75, 3.05) is 0 Å². The minimum Gasteiger partial charge on any atom is -0.481 e. The second-order valence-electron chi connectivity index (χ2n) is 4.20. The SMILES string of the molecule is CC(C)[C@H](CC[C@@H](C)CC(=O)O)OP. The van der Waals surface area contributed by atoms with Crippen LogP contribution in [0.4, 0.5) is 0 Å². The lowest BCUT2D eigenvalue weighted by Gasteiger charge is -2.20. The van der Waals surface area contributed by atoms with Crippen LogP contribution in [0, 0.1) is 11.8 Å². The van der Waals surface area contributed by atoms with Crippen LogP contribution >= 0.6 is 9.47 Å². The summed E-state index contributed by atoms with van der Waals surface area (Å²) in [6, 6.07) is 0. The van der Waals surface area contributed by atoms with E-state index < -0.39 is 5.97 Å². The maximum Gasteiger partial charge on any atom is 0.303 e. The van der Waals surface area contributed by atoms with Crippen molar-refractivity contribution in [1.29, 1.82) is 0 Å². The smallest absolute Gasteiger partial charge is 0.303 e. The lowest BCUT2D eigenvalue weighted by Crippen LogP contribution is -2.17. The highest BCUT2D eigenvalue weighted by Gasteiger charge is 2.15. The molecule has 1 N–H and O–H groups in total. The Morgan fingerprint density at radius 1 is 1.36 bits per heavy atom. The van der Waals surface area contributed by atoms with Gasteiger partial charge in [-0.25, -0.2) is 0 Å². The van der Waals surface area contributed by atoms with Gasteiger partial charge in [-0.15, -0.1) is 0 Å². The van der Waals surface area contributed by atoms with Crippen LogP contribution in [-0.4, -0.2) is 17.2 Å². The summed E-state index contributed by atoms with van der Waals surface area (Å²) in [7, 11) is 2.29. The van der Waals surface area contributed by atoms with Crippen molar-refractivity contribution in [2.45, 2.75) is 46.1 Å². The number of hydrogen-bond acceptors (Lipinski definition) is 2. The molecule has 0 bridgehead atoms. The van der Waals surface area contributed by atoms with E-state index in [1.807, 2.05) is 6.92 Å². The average molecular weight is 220 g/mol. The Kier molecular flexibility index (Phi) is 7.12. The quantitative estimate of drug-likeness (QED) is 0.671. The van der Waals surface area contributed by atoms with Gasteiger partial charge in [-0.3, -0.25) is 4.79 Å². The summed E-state index contributed by atoms with van der Waals surface area (Å²) >= 11 is 0. The van der Waals surface area contributed by atoms with Gasteiger partial charge in [0.2, 0.25) is 0 Å². The summed E-state index contributed by atoms with van der Waals surface area (Å²) in [6.07, 6.45) is 2.30. The largest absolute Gasteiger partial charge is 0.481 e. The van der Waals surface area contributed by atoms with Crippen molar-refractivity contribution < 1.29 is 14.4 Å². The first kappa shape index (κ1) is 13.9. The van der Waals surface area contributed by atoms with Gasteiger partial charge in [0.05, 0.1) is 6.10 Å². The normalized spacial score (nSPS) is 15.5. The third-order valence-corrected chi connectivity index (χ3v) is 2.74. The van der Waals surface area contributed by atoms with Crippen molar-refractivity contribution in [3.63, 3.8) is 0 Å². The lowest BCUT2D eigenvalue weighted by atomic mass is 9.95. The van der Waals surface area contributed by atoms with E-state index in [9.17, 15) is 4.79 Å². The maximum absolute atomic E-state index is 10.4. The zero-order valence-corrected chi connectivity index (χ0v) is 10.3. The number of aliphatic carboxylic acids is 1.